The van der Waals surface area contributed by atoms with Gasteiger partial charge in [-0.1, -0.05) is 23.5 Å². The van der Waals surface area contributed by atoms with E-state index in [-0.39, 0.29) is 29.5 Å². The number of ether oxygens (including phenoxy) is 1. The lowest BCUT2D eigenvalue weighted by Gasteiger charge is -2.06. The fourth-order valence-electron chi connectivity index (χ4n) is 2.97. The van der Waals surface area contributed by atoms with Crippen LogP contribution in [0.3, 0.4) is 0 Å². The molecule has 0 radical (unpaired) electrons. The maximum absolute atomic E-state index is 12.5. The van der Waals surface area contributed by atoms with E-state index in [1.165, 1.54) is 48.6 Å². The second kappa shape index (κ2) is 10.5. The van der Waals surface area contributed by atoms with Gasteiger partial charge in [0.25, 0.3) is 11.6 Å². The maximum atomic E-state index is 12.5. The van der Waals surface area contributed by atoms with Gasteiger partial charge >= 0.3 is 5.97 Å². The average Bonchev–Trinajstić information content (AvgIpc) is 3.08. The van der Waals surface area contributed by atoms with Crippen molar-refractivity contribution in [2.45, 2.75) is 20.4 Å². The van der Waals surface area contributed by atoms with Crippen molar-refractivity contribution in [1.29, 1.82) is 0 Å². The number of carbonyl (C=O) groups is 3. The Balaban J connectivity index is 1.98. The molecule has 0 saturated carbocycles. The van der Waals surface area contributed by atoms with Crippen LogP contribution >= 0.6 is 11.3 Å². The van der Waals surface area contributed by atoms with Crippen LogP contribution in [-0.2, 0) is 25.7 Å². The highest BCUT2D eigenvalue weighted by atomic mass is 32.1. The molecule has 0 bridgehead atoms. The minimum atomic E-state index is -0.604. The largest absolute Gasteiger partial charge is 0.465 e. The van der Waals surface area contributed by atoms with Crippen molar-refractivity contribution in [3.8, 4) is 0 Å². The number of non-ortho nitro benzene ring substituents is 1. The summed E-state index contributed by atoms with van der Waals surface area (Å²) in [5.41, 5.74) is 1.61. The highest BCUT2D eigenvalue weighted by Crippen LogP contribution is 2.22. The Morgan fingerprint density at radius 1 is 1.24 bits per heavy atom. The second-order valence-electron chi connectivity index (χ2n) is 6.77. The summed E-state index contributed by atoms with van der Waals surface area (Å²) in [6.07, 6.45) is 2.62. The number of nitro groups is 1. The number of nitrogens with zero attached hydrogens (tertiary/aromatic N) is 3. The number of hydrogen-bond acceptors (Lipinski definition) is 7. The molecule has 3 aromatic rings. The molecule has 1 heterocycles. The Morgan fingerprint density at radius 3 is 2.73 bits per heavy atom. The molecule has 0 atom stereocenters. The zero-order valence-corrected chi connectivity index (χ0v) is 18.6. The summed E-state index contributed by atoms with van der Waals surface area (Å²) in [5, 5.41) is 13.6. The molecular weight excluding hydrogens is 448 g/mol. The third-order valence-corrected chi connectivity index (χ3v) is 5.34. The first-order valence-electron chi connectivity index (χ1n) is 9.84. The van der Waals surface area contributed by atoms with Crippen molar-refractivity contribution in [3.05, 3.63) is 69.0 Å². The van der Waals surface area contributed by atoms with Gasteiger partial charge in [0.2, 0.25) is 5.91 Å². The standard InChI is InChI=1S/C22H20N4O6S/c1-3-32-21(29)13-25-18-9-8-16(23-14(2)27)12-19(18)33-22(25)24-20(28)10-7-15-5-4-6-17(11-15)26(30)31/h4-12H,3,13H2,1-2H3,(H,23,27)/b10-7+,24-22?. The average molecular weight is 468 g/mol. The first-order chi connectivity index (χ1) is 15.8. The van der Waals surface area contributed by atoms with E-state index < -0.39 is 16.8 Å². The molecule has 33 heavy (non-hydrogen) atoms. The van der Waals surface area contributed by atoms with Crippen molar-refractivity contribution in [2.75, 3.05) is 11.9 Å². The summed E-state index contributed by atoms with van der Waals surface area (Å²) in [6, 6.07) is 11.0. The van der Waals surface area contributed by atoms with Gasteiger partial charge < -0.3 is 14.6 Å². The molecular formula is C22H20N4O6S. The number of nitro benzene ring substituents is 1. The van der Waals surface area contributed by atoms with Crippen LogP contribution in [-0.4, -0.2) is 33.9 Å². The topological polar surface area (TPSA) is 133 Å². The minimum absolute atomic E-state index is 0.0895. The van der Waals surface area contributed by atoms with Gasteiger partial charge in [-0.15, -0.1) is 0 Å². The molecule has 0 unspecified atom stereocenters. The van der Waals surface area contributed by atoms with Crippen molar-refractivity contribution in [3.63, 3.8) is 0 Å². The molecule has 170 valence electrons. The van der Waals surface area contributed by atoms with Crippen molar-refractivity contribution >= 4 is 56.8 Å². The lowest BCUT2D eigenvalue weighted by Crippen LogP contribution is -2.22. The Hall–Kier alpha value is -4.12. The van der Waals surface area contributed by atoms with Gasteiger partial charge in [-0.3, -0.25) is 24.5 Å². The normalized spacial score (nSPS) is 11.6. The monoisotopic (exact) mass is 468 g/mol. The molecule has 0 aliphatic carbocycles. The third-order valence-electron chi connectivity index (χ3n) is 4.30. The number of hydrogen-bond donors (Lipinski definition) is 1. The van der Waals surface area contributed by atoms with E-state index in [0.29, 0.717) is 21.5 Å². The Labute approximate surface area is 192 Å². The molecule has 3 rings (SSSR count). The summed E-state index contributed by atoms with van der Waals surface area (Å²) >= 11 is 1.17. The molecule has 0 fully saturated rings. The first-order valence-corrected chi connectivity index (χ1v) is 10.7. The van der Waals surface area contributed by atoms with Crippen LogP contribution in [0.5, 0.6) is 0 Å². The first kappa shape index (κ1) is 23.5. The zero-order valence-electron chi connectivity index (χ0n) is 17.8. The van der Waals surface area contributed by atoms with E-state index in [0.717, 1.165) is 0 Å². The SMILES string of the molecule is CCOC(=O)Cn1c(=NC(=O)/C=C/c2cccc([N+](=O)[O-])c2)sc2cc(NC(C)=O)ccc21. The zero-order chi connectivity index (χ0) is 24.0. The van der Waals surface area contributed by atoms with Crippen molar-refractivity contribution in [2.24, 2.45) is 4.99 Å². The van der Waals surface area contributed by atoms with Crippen LogP contribution in [0.15, 0.2) is 53.5 Å². The summed E-state index contributed by atoms with van der Waals surface area (Å²) in [4.78, 5) is 50.7. The van der Waals surface area contributed by atoms with Crippen LogP contribution in [0.1, 0.15) is 19.4 Å². The Kier molecular flexibility index (Phi) is 7.46. The number of rotatable bonds is 7. The van der Waals surface area contributed by atoms with E-state index >= 15 is 0 Å². The summed E-state index contributed by atoms with van der Waals surface area (Å²) in [5.74, 6) is -1.31. The lowest BCUT2D eigenvalue weighted by molar-refractivity contribution is -0.384. The van der Waals surface area contributed by atoms with Crippen LogP contribution < -0.4 is 10.1 Å². The van der Waals surface area contributed by atoms with E-state index in [1.807, 2.05) is 0 Å². The number of anilines is 1. The number of aromatic nitrogens is 1. The number of benzene rings is 2. The predicted molar refractivity (Wildman–Crippen MR) is 123 cm³/mol. The molecule has 1 aromatic heterocycles. The number of amides is 2. The molecule has 2 amide bonds. The van der Waals surface area contributed by atoms with Crippen LogP contribution in [0.2, 0.25) is 0 Å². The van der Waals surface area contributed by atoms with Gasteiger partial charge in [0.15, 0.2) is 4.80 Å². The molecule has 0 aliphatic rings. The molecule has 0 saturated heterocycles. The van der Waals surface area contributed by atoms with Gasteiger partial charge in [0, 0.05) is 30.8 Å². The number of thiazole rings is 1. The van der Waals surface area contributed by atoms with Gasteiger partial charge in [-0.25, -0.2) is 0 Å². The molecule has 2 aromatic carbocycles. The minimum Gasteiger partial charge on any atom is -0.465 e. The second-order valence-corrected chi connectivity index (χ2v) is 7.78. The highest BCUT2D eigenvalue weighted by molar-refractivity contribution is 7.16. The third kappa shape index (κ3) is 6.20. The van der Waals surface area contributed by atoms with Gasteiger partial charge in [0.05, 0.1) is 21.7 Å². The van der Waals surface area contributed by atoms with Gasteiger partial charge in [-0.05, 0) is 36.8 Å². The summed E-state index contributed by atoms with van der Waals surface area (Å²) in [6.45, 7) is 3.16. The van der Waals surface area contributed by atoms with E-state index in [1.54, 1.807) is 35.8 Å². The van der Waals surface area contributed by atoms with Crippen LogP contribution in [0, 0.1) is 10.1 Å². The number of nitrogens with one attached hydrogen (secondary N) is 1. The smallest absolute Gasteiger partial charge is 0.326 e. The fourth-order valence-corrected chi connectivity index (χ4v) is 4.04. The number of carbonyl (C=O) groups excluding carboxylic acids is 3. The molecule has 0 aliphatic heterocycles. The van der Waals surface area contributed by atoms with Crippen molar-refractivity contribution in [1.82, 2.24) is 4.57 Å². The highest BCUT2D eigenvalue weighted by Gasteiger charge is 2.13. The summed E-state index contributed by atoms with van der Waals surface area (Å²) in [7, 11) is 0. The fraction of sp³-hybridized carbons (Fsp3) is 0.182. The maximum Gasteiger partial charge on any atom is 0.326 e. The van der Waals surface area contributed by atoms with Crippen molar-refractivity contribution < 1.29 is 24.0 Å². The number of fused-ring (bicyclic) bond motifs is 1. The quantitative estimate of drug-likeness (QED) is 0.245. The van der Waals surface area contributed by atoms with E-state index in [4.69, 9.17) is 4.74 Å². The van der Waals surface area contributed by atoms with E-state index in [2.05, 4.69) is 10.3 Å². The molecule has 0 spiro atoms. The van der Waals surface area contributed by atoms with Crippen LogP contribution in [0.4, 0.5) is 11.4 Å². The van der Waals surface area contributed by atoms with E-state index in [9.17, 15) is 24.5 Å². The van der Waals surface area contributed by atoms with Crippen LogP contribution in [0.25, 0.3) is 16.3 Å². The predicted octanol–water partition coefficient (Wildman–Crippen LogP) is 3.27. The van der Waals surface area contributed by atoms with Gasteiger partial charge in [-0.2, -0.15) is 4.99 Å². The summed E-state index contributed by atoms with van der Waals surface area (Å²) < 4.78 is 7.30. The number of esters is 1. The Bertz CT molecular complexity index is 1340. The molecule has 10 nitrogen and oxygen atoms in total. The Morgan fingerprint density at radius 2 is 2.03 bits per heavy atom. The lowest BCUT2D eigenvalue weighted by atomic mass is 10.2. The molecule has 11 heteroatoms. The molecule has 1 N–H and O–H groups in total. The van der Waals surface area contributed by atoms with Gasteiger partial charge in [0.1, 0.15) is 6.54 Å².